The number of phenols is 1. The average molecular weight is 1290 g/mol. The van der Waals surface area contributed by atoms with Crippen molar-refractivity contribution in [1.82, 2.24) is 44.9 Å². The van der Waals surface area contributed by atoms with Gasteiger partial charge in [-0.05, 0) is 118 Å². The van der Waals surface area contributed by atoms with Crippen molar-refractivity contribution in [3.63, 3.8) is 0 Å². The number of esters is 2. The molecule has 0 spiro atoms. The number of carbonyl (C=O) groups excluding carboxylic acids is 5. The Bertz CT molecular complexity index is 4560. The summed E-state index contributed by atoms with van der Waals surface area (Å²) in [5.74, 6) is -2.59. The number of anilines is 1. The number of nitrogens with zero attached hydrogens (tertiary/aromatic N) is 8. The fourth-order valence-corrected chi connectivity index (χ4v) is 15.5. The Hall–Kier alpha value is -9.74. The van der Waals surface area contributed by atoms with Crippen LogP contribution in [-0.4, -0.2) is 146 Å². The van der Waals surface area contributed by atoms with Crippen LogP contribution in [-0.2, 0) is 58.6 Å². The minimum absolute atomic E-state index is 0.0144. The molecule has 4 saturated heterocycles. The molecule has 0 radical (unpaired) electrons. The van der Waals surface area contributed by atoms with Gasteiger partial charge >= 0.3 is 24.0 Å². The van der Waals surface area contributed by atoms with Gasteiger partial charge in [-0.15, -0.1) is 6.42 Å². The molecule has 3 amide bonds. The Labute approximate surface area is 534 Å². The molecule has 3 aromatic carbocycles. The third-order valence-corrected chi connectivity index (χ3v) is 20.0. The molecule has 10 heterocycles. The van der Waals surface area contributed by atoms with Gasteiger partial charge in [0, 0.05) is 77.8 Å². The molecule has 2 unspecified atom stereocenters. The van der Waals surface area contributed by atoms with Crippen LogP contribution in [0.25, 0.3) is 55.2 Å². The molecule has 5 N–H and O–H groups in total. The van der Waals surface area contributed by atoms with Crippen LogP contribution in [0.3, 0.4) is 0 Å². The first kappa shape index (κ1) is 61.7. The number of benzene rings is 3. The standard InChI is InChI=1S/C68H65F4N11O11/c1-5-40-47(70)14-10-35-19-39(84)20-42(54(35)40)59-57(72)60-43(24-74-59)61(79-65(78-60)93-32-67-16-8-18-81(67)26-36(69)23-67)80-27-37-11-12-38(28-80)83(37)62(87)33(3)30-92-66(90)75-25-53(86)94-68(6-2)46-21-51-58-44(29-82(51)63(88)45(46)31-91-64(68)89)56-49(76-52(85)9-7-17-73)15-13-41-34(4)48(71)22-50(77-58)55(41)56/h1,10,14,19-22,24,36-38,49,84H,3,6-9,11-13,15-18,23,25-32,73H2,2,4H3,(H,75,90)(H,76,85)/t36-,37?,38?,49+,67+,68+/m1/s1. The quantitative estimate of drug-likeness (QED) is 0.0245. The Morgan fingerprint density at radius 2 is 1.78 bits per heavy atom. The molecule has 4 fully saturated rings. The Kier molecular flexibility index (Phi) is 15.6. The van der Waals surface area contributed by atoms with E-state index in [1.54, 1.807) is 24.8 Å². The number of piperazine rings is 1. The molecule has 6 atom stereocenters. The summed E-state index contributed by atoms with van der Waals surface area (Å²) in [6.07, 6.45) is 9.22. The number of alkyl halides is 1. The van der Waals surface area contributed by atoms with E-state index in [9.17, 15) is 38.3 Å². The highest BCUT2D eigenvalue weighted by Crippen LogP contribution is 2.48. The predicted octanol–water partition coefficient (Wildman–Crippen LogP) is 7.16. The highest BCUT2D eigenvalue weighted by molar-refractivity contribution is 6.03. The van der Waals surface area contributed by atoms with Gasteiger partial charge in [0.25, 0.3) is 11.5 Å². The van der Waals surface area contributed by atoms with Crippen LogP contribution in [0, 0.1) is 36.7 Å². The van der Waals surface area contributed by atoms with Crippen LogP contribution in [0.1, 0.15) is 110 Å². The zero-order chi connectivity index (χ0) is 65.8. The maximum atomic E-state index is 17.4. The second-order valence-electron chi connectivity index (χ2n) is 25.4. The molecule has 6 aliphatic heterocycles. The van der Waals surface area contributed by atoms with E-state index < -0.39 is 102 Å². The van der Waals surface area contributed by atoms with Crippen LogP contribution in [0.15, 0.2) is 59.5 Å². The number of aryl methyl sites for hydroxylation is 1. The van der Waals surface area contributed by atoms with E-state index in [1.165, 1.54) is 35.0 Å². The smallest absolute Gasteiger partial charge is 0.407 e. The number of fused-ring (bicyclic) bond motifs is 10. The van der Waals surface area contributed by atoms with Crippen molar-refractivity contribution in [1.29, 1.82) is 0 Å². The van der Waals surface area contributed by atoms with Crippen molar-refractivity contribution in [2.75, 3.05) is 57.4 Å². The molecule has 2 bridgehead atoms. The van der Waals surface area contributed by atoms with E-state index in [1.807, 2.05) is 4.90 Å². The second-order valence-corrected chi connectivity index (χ2v) is 25.4. The van der Waals surface area contributed by atoms with Crippen molar-refractivity contribution in [2.24, 2.45) is 5.73 Å². The number of phenolic OH excluding ortho intramolecular Hbond substituents is 1. The monoisotopic (exact) mass is 1290 g/mol. The second kappa shape index (κ2) is 23.7. The number of aromatic hydroxyl groups is 1. The van der Waals surface area contributed by atoms with Crippen molar-refractivity contribution < 1.29 is 65.6 Å². The number of alkyl carbamates (subject to hydrolysis) is 1. The number of hydrogen-bond acceptors (Lipinski definition) is 18. The van der Waals surface area contributed by atoms with Crippen molar-refractivity contribution in [3.05, 3.63) is 121 Å². The van der Waals surface area contributed by atoms with Gasteiger partial charge in [0.1, 0.15) is 66.9 Å². The maximum absolute atomic E-state index is 17.4. The van der Waals surface area contributed by atoms with Crippen molar-refractivity contribution in [3.8, 4) is 46.7 Å². The molecule has 7 aliphatic rings. The number of terminal acetylenes is 1. The predicted molar refractivity (Wildman–Crippen MR) is 333 cm³/mol. The summed E-state index contributed by atoms with van der Waals surface area (Å²) in [7, 11) is 0. The van der Waals surface area contributed by atoms with Crippen LogP contribution in [0.4, 0.5) is 28.2 Å². The summed E-state index contributed by atoms with van der Waals surface area (Å²) in [4.78, 5) is 108. The summed E-state index contributed by atoms with van der Waals surface area (Å²) in [6, 6.07) is 6.49. The van der Waals surface area contributed by atoms with E-state index in [-0.39, 0.29) is 131 Å². The lowest BCUT2D eigenvalue weighted by Gasteiger charge is -2.42. The Balaban J connectivity index is 0.666. The van der Waals surface area contributed by atoms with Crippen LogP contribution >= 0.6 is 0 Å². The maximum Gasteiger partial charge on any atom is 0.407 e. The lowest BCUT2D eigenvalue weighted by Crippen LogP contribution is -2.56. The average Bonchev–Trinajstić information content (AvgIpc) is 1.45. The van der Waals surface area contributed by atoms with Gasteiger partial charge in [0.15, 0.2) is 5.82 Å². The molecular weight excluding hydrogens is 1220 g/mol. The van der Waals surface area contributed by atoms with Crippen LogP contribution in [0.2, 0.25) is 0 Å². The zero-order valence-corrected chi connectivity index (χ0v) is 51.5. The number of nitrogens with two attached hydrogens (primary N) is 1. The van der Waals surface area contributed by atoms with Gasteiger partial charge < -0.3 is 54.8 Å². The minimum Gasteiger partial charge on any atom is -0.508 e. The normalized spacial score (nSPS) is 22.3. The van der Waals surface area contributed by atoms with Crippen LogP contribution in [0.5, 0.6) is 11.8 Å². The molecular formula is C68H65F4N11O11. The number of ether oxygens (including phenoxy) is 4. The molecule has 14 rings (SSSR count). The molecule has 4 aromatic heterocycles. The molecule has 7 aromatic rings. The first-order valence-electron chi connectivity index (χ1n) is 31.5. The third-order valence-electron chi connectivity index (χ3n) is 20.0. The van der Waals surface area contributed by atoms with Crippen LogP contribution < -0.4 is 31.6 Å². The number of cyclic esters (lactones) is 1. The van der Waals surface area contributed by atoms with Gasteiger partial charge in [-0.2, -0.15) is 9.97 Å². The van der Waals surface area contributed by atoms with Gasteiger partial charge in [0.05, 0.1) is 63.6 Å². The zero-order valence-electron chi connectivity index (χ0n) is 51.5. The molecule has 94 heavy (non-hydrogen) atoms. The van der Waals surface area contributed by atoms with E-state index >= 15 is 13.2 Å². The summed E-state index contributed by atoms with van der Waals surface area (Å²) in [5.41, 5.74) is 5.23. The van der Waals surface area contributed by atoms with Gasteiger partial charge in [-0.3, -0.25) is 29.1 Å². The number of halogens is 4. The fourth-order valence-electron chi connectivity index (χ4n) is 15.5. The van der Waals surface area contributed by atoms with Crippen molar-refractivity contribution in [2.45, 2.75) is 127 Å². The Morgan fingerprint density at radius 1 is 0.979 bits per heavy atom. The fraction of sp³-hybridized carbons (Fsp3) is 0.412. The first-order valence-corrected chi connectivity index (χ1v) is 31.5. The Morgan fingerprint density at radius 3 is 2.54 bits per heavy atom. The summed E-state index contributed by atoms with van der Waals surface area (Å²) >= 11 is 0. The number of nitrogens with one attached hydrogen (secondary N) is 2. The third kappa shape index (κ3) is 10.2. The molecule has 486 valence electrons. The molecule has 22 nitrogen and oxygen atoms in total. The number of hydrogen-bond donors (Lipinski definition) is 4. The number of rotatable bonds is 16. The van der Waals surface area contributed by atoms with Gasteiger partial charge in [-0.25, -0.2) is 32.1 Å². The summed E-state index contributed by atoms with van der Waals surface area (Å²) in [5, 5.41) is 17.6. The summed E-state index contributed by atoms with van der Waals surface area (Å²) in [6.45, 7) is 7.06. The van der Waals surface area contributed by atoms with Gasteiger partial charge in [0.2, 0.25) is 11.5 Å². The summed E-state index contributed by atoms with van der Waals surface area (Å²) < 4.78 is 87.8. The largest absolute Gasteiger partial charge is 0.508 e. The highest BCUT2D eigenvalue weighted by Gasteiger charge is 2.52. The number of pyridine rings is 3. The minimum atomic E-state index is -2.17. The lowest BCUT2D eigenvalue weighted by atomic mass is 9.81. The lowest BCUT2D eigenvalue weighted by molar-refractivity contribution is -0.188. The first-order chi connectivity index (χ1) is 45.2. The van der Waals surface area contributed by atoms with E-state index in [0.29, 0.717) is 90.3 Å². The molecule has 26 heteroatoms. The van der Waals surface area contributed by atoms with E-state index in [4.69, 9.17) is 41.1 Å². The molecule has 1 aliphatic carbocycles. The number of amides is 3. The number of aromatic nitrogens is 5. The number of carbonyl (C=O) groups is 5. The van der Waals surface area contributed by atoms with E-state index in [2.05, 4.69) is 38.0 Å². The highest BCUT2D eigenvalue weighted by atomic mass is 19.1. The SMILES string of the molecule is C#Cc1c(F)ccc2cc(O)cc(-c3ncc4c(N5CC6CCC(C5)N6C(=O)C(=C)COC(=O)NCC(=O)O[C@]5(CC)C(=O)OCc6c5cc5n(c6=O)Cc6c-5nc5cc(F)c(C)c7c5c6[C@@H](NC(=O)CCCN)CC7)nc(OC[C@@]56CCCN5C[C@H](F)C6)nc4c3F)c12. The van der Waals surface area contributed by atoms with Gasteiger partial charge in [-0.1, -0.05) is 25.5 Å². The van der Waals surface area contributed by atoms with Crippen molar-refractivity contribution >= 4 is 68.2 Å². The topological polar surface area (TPSA) is 276 Å². The molecule has 0 saturated carbocycles. The van der Waals surface area contributed by atoms with E-state index in [0.717, 1.165) is 18.1 Å².